The van der Waals surface area contributed by atoms with Crippen molar-refractivity contribution in [3.8, 4) is 11.3 Å². The highest BCUT2D eigenvalue weighted by Crippen LogP contribution is 2.22. The van der Waals surface area contributed by atoms with Crippen LogP contribution in [0.5, 0.6) is 0 Å². The third-order valence-electron chi connectivity index (χ3n) is 3.50. The number of pyridine rings is 1. The minimum Gasteiger partial charge on any atom is -0.454 e. The average molecular weight is 326 g/mol. The first-order valence-corrected chi connectivity index (χ1v) is 7.36. The number of aromatic nitrogens is 2. The first-order valence-electron chi connectivity index (χ1n) is 7.36. The molecule has 0 fully saturated rings. The molecule has 0 radical (unpaired) electrons. The molecule has 2 heterocycles. The molecule has 0 N–H and O–H groups in total. The van der Waals surface area contributed by atoms with Gasteiger partial charge in [0, 0.05) is 17.3 Å². The number of benzene rings is 1. The third-order valence-corrected chi connectivity index (χ3v) is 3.50. The fourth-order valence-corrected chi connectivity index (χ4v) is 2.29. The van der Waals surface area contributed by atoms with Crippen molar-refractivity contribution in [2.75, 3.05) is 0 Å². The lowest BCUT2D eigenvalue weighted by molar-refractivity contribution is 0.0436. The van der Waals surface area contributed by atoms with Gasteiger partial charge in [0.1, 0.15) is 11.5 Å². The van der Waals surface area contributed by atoms with E-state index in [1.807, 2.05) is 6.92 Å². The van der Waals surface area contributed by atoms with Crippen molar-refractivity contribution < 1.29 is 18.4 Å². The highest BCUT2D eigenvalue weighted by molar-refractivity contribution is 5.90. The van der Waals surface area contributed by atoms with Crippen molar-refractivity contribution in [1.29, 1.82) is 0 Å². The van der Waals surface area contributed by atoms with Crippen LogP contribution in [0.4, 0.5) is 4.39 Å². The Bertz CT molecular complexity index is 889. The summed E-state index contributed by atoms with van der Waals surface area (Å²) in [5.74, 6) is -0.557. The van der Waals surface area contributed by atoms with E-state index in [2.05, 4.69) is 10.1 Å². The second kappa shape index (κ2) is 6.62. The summed E-state index contributed by atoms with van der Waals surface area (Å²) < 4.78 is 24.0. The van der Waals surface area contributed by atoms with Gasteiger partial charge < -0.3 is 9.26 Å². The van der Waals surface area contributed by atoms with Crippen molar-refractivity contribution in [2.45, 2.75) is 20.5 Å². The van der Waals surface area contributed by atoms with Gasteiger partial charge in [0.2, 0.25) is 0 Å². The Labute approximate surface area is 138 Å². The molecular weight excluding hydrogens is 311 g/mol. The summed E-state index contributed by atoms with van der Waals surface area (Å²) in [5, 5.41) is 3.81. The molecule has 3 rings (SSSR count). The summed E-state index contributed by atoms with van der Waals surface area (Å²) in [5.41, 5.74) is 2.51. The van der Waals surface area contributed by atoms with Crippen LogP contribution in [0.3, 0.4) is 0 Å². The van der Waals surface area contributed by atoms with Crippen molar-refractivity contribution in [3.05, 3.63) is 71.0 Å². The van der Waals surface area contributed by atoms with Gasteiger partial charge in [-0.3, -0.25) is 4.98 Å². The Morgan fingerprint density at radius 3 is 2.75 bits per heavy atom. The number of halogens is 1. The number of aryl methyl sites for hydroxylation is 2. The summed E-state index contributed by atoms with van der Waals surface area (Å²) in [6.45, 7) is 3.50. The van der Waals surface area contributed by atoms with E-state index < -0.39 is 11.8 Å². The van der Waals surface area contributed by atoms with Crippen LogP contribution in [-0.4, -0.2) is 16.1 Å². The van der Waals surface area contributed by atoms with Crippen molar-refractivity contribution >= 4 is 5.97 Å². The molecule has 6 heteroatoms. The fourth-order valence-electron chi connectivity index (χ4n) is 2.29. The average Bonchev–Trinajstić information content (AvgIpc) is 3.02. The van der Waals surface area contributed by atoms with E-state index >= 15 is 0 Å². The van der Waals surface area contributed by atoms with Crippen LogP contribution in [0.2, 0.25) is 0 Å². The number of nitrogens with zero attached hydrogens (tertiary/aromatic N) is 2. The smallest absolute Gasteiger partial charge is 0.340 e. The molecule has 0 amide bonds. The summed E-state index contributed by atoms with van der Waals surface area (Å²) in [6, 6.07) is 11.2. The highest BCUT2D eigenvalue weighted by Gasteiger charge is 2.15. The third kappa shape index (κ3) is 3.32. The molecule has 0 bridgehead atoms. The maximum absolute atomic E-state index is 13.7. The molecule has 24 heavy (non-hydrogen) atoms. The van der Waals surface area contributed by atoms with Gasteiger partial charge in [-0.05, 0) is 38.1 Å². The molecule has 0 aliphatic heterocycles. The fraction of sp³-hybridized carbons (Fsp3) is 0.167. The predicted octanol–water partition coefficient (Wildman–Crippen LogP) is 3.85. The van der Waals surface area contributed by atoms with Crippen LogP contribution < -0.4 is 0 Å². The van der Waals surface area contributed by atoms with Gasteiger partial charge in [0.15, 0.2) is 12.4 Å². The monoisotopic (exact) mass is 326 g/mol. The van der Waals surface area contributed by atoms with E-state index in [1.54, 1.807) is 43.3 Å². The maximum Gasteiger partial charge on any atom is 0.340 e. The Hall–Kier alpha value is -3.02. The zero-order valence-electron chi connectivity index (χ0n) is 13.2. The number of esters is 1. The van der Waals surface area contributed by atoms with Gasteiger partial charge in [-0.15, -0.1) is 0 Å². The summed E-state index contributed by atoms with van der Waals surface area (Å²) in [6.07, 6.45) is 0. The number of carbonyl (C=O) groups is 1. The second-order valence-corrected chi connectivity index (χ2v) is 5.32. The molecule has 122 valence electrons. The molecule has 0 saturated heterocycles. The minimum atomic E-state index is -0.496. The molecule has 0 aliphatic carbocycles. The van der Waals surface area contributed by atoms with Crippen molar-refractivity contribution in [3.63, 3.8) is 0 Å². The lowest BCUT2D eigenvalue weighted by Crippen LogP contribution is -2.08. The van der Waals surface area contributed by atoms with Crippen molar-refractivity contribution in [1.82, 2.24) is 10.1 Å². The van der Waals surface area contributed by atoms with Crippen LogP contribution in [-0.2, 0) is 11.3 Å². The number of ether oxygens (including phenoxy) is 1. The van der Waals surface area contributed by atoms with Gasteiger partial charge in [-0.25, -0.2) is 9.18 Å². The number of carbonyl (C=O) groups excluding carboxylic acids is 1. The Morgan fingerprint density at radius 1 is 1.21 bits per heavy atom. The molecule has 0 aliphatic rings. The second-order valence-electron chi connectivity index (χ2n) is 5.32. The topological polar surface area (TPSA) is 65.2 Å². The van der Waals surface area contributed by atoms with Gasteiger partial charge in [-0.1, -0.05) is 17.3 Å². The quantitative estimate of drug-likeness (QED) is 0.681. The van der Waals surface area contributed by atoms with Gasteiger partial charge in [0.05, 0.1) is 11.3 Å². The molecule has 5 nitrogen and oxygen atoms in total. The minimum absolute atomic E-state index is 0.0897. The number of rotatable bonds is 4. The zero-order valence-corrected chi connectivity index (χ0v) is 13.2. The molecular formula is C18H15FN2O3. The lowest BCUT2D eigenvalue weighted by Gasteiger charge is -2.05. The molecule has 3 aromatic rings. The SMILES string of the molecule is Cc1ccc(C(=O)OCc2cc(-c3ccccc3F)no2)c(C)n1. The van der Waals surface area contributed by atoms with Crippen LogP contribution in [0, 0.1) is 19.7 Å². The van der Waals surface area contributed by atoms with Crippen LogP contribution in [0.15, 0.2) is 47.0 Å². The summed E-state index contributed by atoms with van der Waals surface area (Å²) >= 11 is 0. The Kier molecular flexibility index (Phi) is 4.37. The summed E-state index contributed by atoms with van der Waals surface area (Å²) in [7, 11) is 0. The standard InChI is InChI=1S/C18H15FN2O3/c1-11-7-8-14(12(2)20-11)18(22)23-10-13-9-17(21-24-13)15-5-3-4-6-16(15)19/h3-9H,10H2,1-2H3. The van der Waals surface area contributed by atoms with E-state index in [-0.39, 0.29) is 6.61 Å². The van der Waals surface area contributed by atoms with Crippen LogP contribution in [0.25, 0.3) is 11.3 Å². The molecule has 0 unspecified atom stereocenters. The molecule has 1 aromatic carbocycles. The molecule has 0 spiro atoms. The normalized spacial score (nSPS) is 10.6. The molecule has 0 saturated carbocycles. The first-order chi connectivity index (χ1) is 11.5. The van der Waals surface area contributed by atoms with E-state index in [4.69, 9.17) is 9.26 Å². The van der Waals surface area contributed by atoms with Gasteiger partial charge in [0.25, 0.3) is 0 Å². The van der Waals surface area contributed by atoms with Gasteiger partial charge in [-0.2, -0.15) is 0 Å². The maximum atomic E-state index is 13.7. The van der Waals surface area contributed by atoms with Crippen LogP contribution >= 0.6 is 0 Å². The van der Waals surface area contributed by atoms with Crippen molar-refractivity contribution in [2.24, 2.45) is 0 Å². The summed E-state index contributed by atoms with van der Waals surface area (Å²) in [4.78, 5) is 16.3. The lowest BCUT2D eigenvalue weighted by atomic mass is 10.1. The number of hydrogen-bond acceptors (Lipinski definition) is 5. The van der Waals surface area contributed by atoms with Gasteiger partial charge >= 0.3 is 5.97 Å². The Morgan fingerprint density at radius 2 is 2.00 bits per heavy atom. The van der Waals surface area contributed by atoms with E-state index in [0.29, 0.717) is 28.3 Å². The van der Waals surface area contributed by atoms with E-state index in [1.165, 1.54) is 6.07 Å². The largest absolute Gasteiger partial charge is 0.454 e. The van der Waals surface area contributed by atoms with E-state index in [0.717, 1.165) is 5.69 Å². The zero-order chi connectivity index (χ0) is 17.1. The van der Waals surface area contributed by atoms with Crippen LogP contribution in [0.1, 0.15) is 27.5 Å². The highest BCUT2D eigenvalue weighted by atomic mass is 19.1. The Balaban J connectivity index is 1.69. The number of hydrogen-bond donors (Lipinski definition) is 0. The first kappa shape index (κ1) is 15.9. The van der Waals surface area contributed by atoms with E-state index in [9.17, 15) is 9.18 Å². The molecule has 2 aromatic heterocycles. The predicted molar refractivity (Wildman–Crippen MR) is 84.7 cm³/mol. The molecule has 0 atom stereocenters.